The quantitative estimate of drug-likeness (QED) is 0.647. The lowest BCUT2D eigenvalue weighted by Crippen LogP contribution is -2.30. The first-order valence-corrected chi connectivity index (χ1v) is 9.85. The number of carbonyl (C=O) groups excluding carboxylic acids is 1. The van der Waals surface area contributed by atoms with E-state index in [0.717, 1.165) is 46.7 Å². The average molecular weight is 391 g/mol. The normalized spacial score (nSPS) is 15.5. The van der Waals surface area contributed by atoms with Crippen LogP contribution >= 0.6 is 0 Å². The topological polar surface area (TPSA) is 67.5 Å². The second kappa shape index (κ2) is 7.99. The lowest BCUT2D eigenvalue weighted by Gasteiger charge is -2.26. The number of nitrogens with zero attached hydrogens (tertiary/aromatic N) is 2. The van der Waals surface area contributed by atoms with Crippen LogP contribution in [0.15, 0.2) is 48.5 Å². The first kappa shape index (κ1) is 19.1. The molecule has 150 valence electrons. The minimum absolute atomic E-state index is 0.00142. The Bertz CT molecular complexity index is 993. The summed E-state index contributed by atoms with van der Waals surface area (Å²) in [5, 5.41) is 7.49. The maximum absolute atomic E-state index is 13.2. The van der Waals surface area contributed by atoms with Gasteiger partial charge in [-0.2, -0.15) is 5.10 Å². The molecule has 1 atom stereocenters. The molecule has 1 unspecified atom stereocenters. The van der Waals surface area contributed by atoms with Gasteiger partial charge in [0.05, 0.1) is 26.0 Å². The van der Waals surface area contributed by atoms with Crippen LogP contribution in [0.2, 0.25) is 0 Å². The molecule has 1 aliphatic heterocycles. The van der Waals surface area contributed by atoms with Gasteiger partial charge in [0.25, 0.3) is 5.91 Å². The van der Waals surface area contributed by atoms with E-state index < -0.39 is 0 Å². The molecule has 0 spiro atoms. The molecule has 1 N–H and O–H groups in total. The second-order valence-corrected chi connectivity index (χ2v) is 7.12. The van der Waals surface area contributed by atoms with E-state index in [0.29, 0.717) is 12.2 Å². The van der Waals surface area contributed by atoms with E-state index in [4.69, 9.17) is 9.47 Å². The van der Waals surface area contributed by atoms with Crippen LogP contribution in [0.4, 0.5) is 0 Å². The fourth-order valence-electron chi connectivity index (χ4n) is 3.86. The summed E-state index contributed by atoms with van der Waals surface area (Å²) < 4.78 is 10.6. The average Bonchev–Trinajstić information content (AvgIpc) is 3.31. The van der Waals surface area contributed by atoms with Gasteiger partial charge in [-0.15, -0.1) is 0 Å². The van der Waals surface area contributed by atoms with Crippen molar-refractivity contribution in [3.05, 3.63) is 65.4 Å². The van der Waals surface area contributed by atoms with E-state index in [1.54, 1.807) is 14.2 Å². The smallest absolute Gasteiger partial charge is 0.273 e. The summed E-state index contributed by atoms with van der Waals surface area (Å²) in [6, 6.07) is 15.5. The van der Waals surface area contributed by atoms with Crippen molar-refractivity contribution in [1.29, 1.82) is 0 Å². The van der Waals surface area contributed by atoms with E-state index in [1.165, 1.54) is 0 Å². The number of hydrogen-bond acceptors (Lipinski definition) is 4. The number of benzene rings is 2. The van der Waals surface area contributed by atoms with Gasteiger partial charge in [0.2, 0.25) is 0 Å². The Kier molecular flexibility index (Phi) is 5.25. The molecule has 0 aliphatic carbocycles. The molecule has 2 aromatic carbocycles. The van der Waals surface area contributed by atoms with Crippen LogP contribution < -0.4 is 9.47 Å². The van der Waals surface area contributed by atoms with Gasteiger partial charge in [-0.05, 0) is 48.4 Å². The first-order valence-electron chi connectivity index (χ1n) is 9.85. The van der Waals surface area contributed by atoms with E-state index >= 15 is 0 Å². The molecule has 1 amide bonds. The van der Waals surface area contributed by atoms with Crippen molar-refractivity contribution in [2.45, 2.75) is 25.8 Å². The summed E-state index contributed by atoms with van der Waals surface area (Å²) in [4.78, 5) is 15.1. The van der Waals surface area contributed by atoms with Gasteiger partial charge in [-0.1, -0.05) is 25.5 Å². The molecule has 2 heterocycles. The van der Waals surface area contributed by atoms with Crippen molar-refractivity contribution in [3.63, 3.8) is 0 Å². The Morgan fingerprint density at radius 2 is 1.62 bits per heavy atom. The molecule has 0 radical (unpaired) electrons. The number of rotatable bonds is 7. The van der Waals surface area contributed by atoms with Crippen LogP contribution in [0.1, 0.15) is 47.4 Å². The lowest BCUT2D eigenvalue weighted by molar-refractivity contribution is 0.0741. The SMILES string of the molecule is CCCCN1C(=O)c2[nH]nc(-c3ccc(OC)cc3)c2C1c1ccc(OC)cc1. The molecule has 1 aromatic heterocycles. The van der Waals surface area contributed by atoms with Crippen molar-refractivity contribution in [1.82, 2.24) is 15.1 Å². The summed E-state index contributed by atoms with van der Waals surface area (Å²) in [6.45, 7) is 2.84. The summed E-state index contributed by atoms with van der Waals surface area (Å²) in [5.74, 6) is 1.58. The molecular weight excluding hydrogens is 366 g/mol. The number of unbranched alkanes of at least 4 members (excludes halogenated alkanes) is 1. The van der Waals surface area contributed by atoms with Crippen molar-refractivity contribution in [2.75, 3.05) is 20.8 Å². The van der Waals surface area contributed by atoms with Crippen molar-refractivity contribution in [3.8, 4) is 22.8 Å². The maximum atomic E-state index is 13.2. The Morgan fingerprint density at radius 3 is 2.21 bits per heavy atom. The molecule has 3 aromatic rings. The predicted molar refractivity (Wildman–Crippen MR) is 111 cm³/mol. The second-order valence-electron chi connectivity index (χ2n) is 7.12. The predicted octanol–water partition coefficient (Wildman–Crippen LogP) is 4.44. The molecular formula is C23H25N3O3. The summed E-state index contributed by atoms with van der Waals surface area (Å²) >= 11 is 0. The highest BCUT2D eigenvalue weighted by Crippen LogP contribution is 2.43. The summed E-state index contributed by atoms with van der Waals surface area (Å²) in [5.41, 5.74) is 4.31. The van der Waals surface area contributed by atoms with E-state index in [-0.39, 0.29) is 11.9 Å². The van der Waals surface area contributed by atoms with Crippen molar-refractivity contribution >= 4 is 5.91 Å². The molecule has 1 aliphatic rings. The van der Waals surface area contributed by atoms with Gasteiger partial charge in [0.15, 0.2) is 0 Å². The van der Waals surface area contributed by atoms with Crippen molar-refractivity contribution in [2.24, 2.45) is 0 Å². The monoisotopic (exact) mass is 391 g/mol. The number of nitrogens with one attached hydrogen (secondary N) is 1. The van der Waals surface area contributed by atoms with Crippen LogP contribution in [0.25, 0.3) is 11.3 Å². The van der Waals surface area contributed by atoms with Gasteiger partial charge < -0.3 is 14.4 Å². The highest BCUT2D eigenvalue weighted by Gasteiger charge is 2.41. The molecule has 6 heteroatoms. The molecule has 29 heavy (non-hydrogen) atoms. The molecule has 4 rings (SSSR count). The Hall–Kier alpha value is -3.28. The fourth-order valence-corrected chi connectivity index (χ4v) is 3.86. The zero-order valence-electron chi connectivity index (χ0n) is 16.9. The van der Waals surface area contributed by atoms with Gasteiger partial charge in [-0.3, -0.25) is 9.89 Å². The van der Waals surface area contributed by atoms with Crippen LogP contribution in [0, 0.1) is 0 Å². The zero-order valence-corrected chi connectivity index (χ0v) is 16.9. The van der Waals surface area contributed by atoms with E-state index in [1.807, 2.05) is 53.4 Å². The molecule has 0 saturated heterocycles. The molecule has 0 saturated carbocycles. The molecule has 6 nitrogen and oxygen atoms in total. The van der Waals surface area contributed by atoms with Crippen molar-refractivity contribution < 1.29 is 14.3 Å². The number of methoxy groups -OCH3 is 2. The van der Waals surface area contributed by atoms with Gasteiger partial charge in [0.1, 0.15) is 17.2 Å². The number of fused-ring (bicyclic) bond motifs is 1. The Labute approximate surface area is 170 Å². The molecule has 0 fully saturated rings. The third kappa shape index (κ3) is 3.35. The third-order valence-corrected chi connectivity index (χ3v) is 5.41. The Balaban J connectivity index is 1.81. The minimum Gasteiger partial charge on any atom is -0.497 e. The number of hydrogen-bond donors (Lipinski definition) is 1. The number of ether oxygens (including phenoxy) is 2. The standard InChI is InChI=1S/C23H25N3O3/c1-4-5-14-26-22(16-8-12-18(29-3)13-9-16)19-20(24-25-21(19)23(26)27)15-6-10-17(28-2)11-7-15/h6-13,22H,4-5,14H2,1-3H3,(H,24,25). The minimum atomic E-state index is -0.175. The van der Waals surface area contributed by atoms with Gasteiger partial charge in [0, 0.05) is 17.7 Å². The van der Waals surface area contributed by atoms with Gasteiger partial charge in [-0.25, -0.2) is 0 Å². The largest absolute Gasteiger partial charge is 0.497 e. The number of aromatic amines is 1. The summed E-state index contributed by atoms with van der Waals surface area (Å²) in [6.07, 6.45) is 1.98. The number of aromatic nitrogens is 2. The molecule has 0 bridgehead atoms. The lowest BCUT2D eigenvalue weighted by atomic mass is 9.96. The maximum Gasteiger partial charge on any atom is 0.273 e. The third-order valence-electron chi connectivity index (χ3n) is 5.41. The highest BCUT2D eigenvalue weighted by atomic mass is 16.5. The zero-order chi connectivity index (χ0) is 20.4. The number of amides is 1. The van der Waals surface area contributed by atoms with Crippen LogP contribution in [-0.4, -0.2) is 41.8 Å². The van der Waals surface area contributed by atoms with Crippen LogP contribution in [0.3, 0.4) is 0 Å². The summed E-state index contributed by atoms with van der Waals surface area (Å²) in [7, 11) is 3.29. The highest BCUT2D eigenvalue weighted by molar-refractivity contribution is 6.00. The number of carbonyl (C=O) groups is 1. The van der Waals surface area contributed by atoms with Gasteiger partial charge >= 0.3 is 0 Å². The van der Waals surface area contributed by atoms with E-state index in [2.05, 4.69) is 17.1 Å². The first-order chi connectivity index (χ1) is 14.2. The fraction of sp³-hybridized carbons (Fsp3) is 0.304. The Morgan fingerprint density at radius 1 is 1.00 bits per heavy atom. The number of H-pyrrole nitrogens is 1. The van der Waals surface area contributed by atoms with Crippen LogP contribution in [0.5, 0.6) is 11.5 Å². The van der Waals surface area contributed by atoms with Crippen LogP contribution in [-0.2, 0) is 0 Å². The van der Waals surface area contributed by atoms with E-state index in [9.17, 15) is 4.79 Å².